The number of aryl methyl sites for hydroxylation is 1. The van der Waals surface area contributed by atoms with E-state index in [1.54, 1.807) is 0 Å². The molecule has 1 aliphatic carbocycles. The summed E-state index contributed by atoms with van der Waals surface area (Å²) in [4.78, 5) is 4.38. The van der Waals surface area contributed by atoms with E-state index in [9.17, 15) is 0 Å². The highest BCUT2D eigenvalue weighted by Gasteiger charge is 2.20. The van der Waals surface area contributed by atoms with Crippen molar-refractivity contribution in [1.82, 2.24) is 0 Å². The molecule has 0 spiro atoms. The van der Waals surface area contributed by atoms with Crippen LogP contribution in [0.3, 0.4) is 0 Å². The smallest absolute Gasteiger partial charge is 0.168 e. The van der Waals surface area contributed by atoms with Crippen molar-refractivity contribution in [3.63, 3.8) is 0 Å². The van der Waals surface area contributed by atoms with Crippen molar-refractivity contribution in [2.45, 2.75) is 32.1 Å². The third-order valence-electron chi connectivity index (χ3n) is 2.83. The lowest BCUT2D eigenvalue weighted by Gasteiger charge is -2.23. The minimum Gasteiger partial charge on any atom is -0.340 e. The van der Waals surface area contributed by atoms with E-state index in [-0.39, 0.29) is 0 Å². The molecule has 0 aliphatic heterocycles. The van der Waals surface area contributed by atoms with E-state index >= 15 is 0 Å². The molecule has 2 heteroatoms. The molecule has 0 saturated heterocycles. The van der Waals surface area contributed by atoms with Gasteiger partial charge in [0.2, 0.25) is 0 Å². The van der Waals surface area contributed by atoms with Gasteiger partial charge in [0.15, 0.2) is 5.75 Å². The highest BCUT2D eigenvalue weighted by molar-refractivity contribution is 5.43. The van der Waals surface area contributed by atoms with Crippen LogP contribution < -0.4 is 4.89 Å². The van der Waals surface area contributed by atoms with Gasteiger partial charge in [-0.25, -0.2) is 5.26 Å². The van der Waals surface area contributed by atoms with Crippen LogP contribution in [-0.2, 0) is 6.42 Å². The second-order valence-corrected chi connectivity index (χ2v) is 3.71. The van der Waals surface area contributed by atoms with Crippen LogP contribution in [0.5, 0.6) is 5.75 Å². The van der Waals surface area contributed by atoms with Crippen LogP contribution in [0.15, 0.2) is 18.2 Å². The third-order valence-corrected chi connectivity index (χ3v) is 2.83. The van der Waals surface area contributed by atoms with Gasteiger partial charge in [-0.15, -0.1) is 0 Å². The van der Waals surface area contributed by atoms with Crippen LogP contribution in [-0.4, -0.2) is 5.26 Å². The van der Waals surface area contributed by atoms with Crippen molar-refractivity contribution in [3.8, 4) is 5.75 Å². The molecule has 2 rings (SSSR count). The molecular formula is C11H14O2. The topological polar surface area (TPSA) is 29.5 Å². The van der Waals surface area contributed by atoms with Gasteiger partial charge in [-0.05, 0) is 36.8 Å². The molecule has 0 heterocycles. The lowest BCUT2D eigenvalue weighted by atomic mass is 9.83. The van der Waals surface area contributed by atoms with Gasteiger partial charge in [0.1, 0.15) is 0 Å². The average molecular weight is 178 g/mol. The predicted molar refractivity (Wildman–Crippen MR) is 51.1 cm³/mol. The summed E-state index contributed by atoms with van der Waals surface area (Å²) in [7, 11) is 0. The van der Waals surface area contributed by atoms with Gasteiger partial charge in [0.05, 0.1) is 0 Å². The SMILES string of the molecule is CC1CCCc2cccc(OO)c21. The molecule has 0 saturated carbocycles. The number of benzene rings is 1. The van der Waals surface area contributed by atoms with Crippen LogP contribution in [0.25, 0.3) is 0 Å². The fourth-order valence-corrected chi connectivity index (χ4v) is 2.19. The van der Waals surface area contributed by atoms with Crippen LogP contribution >= 0.6 is 0 Å². The van der Waals surface area contributed by atoms with Crippen LogP contribution in [0.4, 0.5) is 0 Å². The Balaban J connectivity index is 2.50. The maximum Gasteiger partial charge on any atom is 0.168 e. The first-order valence-corrected chi connectivity index (χ1v) is 4.76. The molecule has 1 atom stereocenters. The largest absolute Gasteiger partial charge is 0.340 e. The molecule has 1 aliphatic rings. The van der Waals surface area contributed by atoms with Gasteiger partial charge < -0.3 is 4.89 Å². The minimum atomic E-state index is 0.507. The van der Waals surface area contributed by atoms with Crippen LogP contribution in [0, 0.1) is 0 Å². The Bertz CT molecular complexity index is 293. The molecule has 13 heavy (non-hydrogen) atoms. The van der Waals surface area contributed by atoms with E-state index in [0.29, 0.717) is 11.7 Å². The molecule has 2 nitrogen and oxygen atoms in total. The number of hydrogen-bond acceptors (Lipinski definition) is 2. The first kappa shape index (κ1) is 8.57. The summed E-state index contributed by atoms with van der Waals surface area (Å²) in [6.45, 7) is 2.18. The molecule has 1 aromatic carbocycles. The molecular weight excluding hydrogens is 164 g/mol. The van der Waals surface area contributed by atoms with Crippen LogP contribution in [0.2, 0.25) is 0 Å². The Morgan fingerprint density at radius 3 is 3.08 bits per heavy atom. The van der Waals surface area contributed by atoms with Gasteiger partial charge >= 0.3 is 0 Å². The maximum atomic E-state index is 8.71. The van der Waals surface area contributed by atoms with E-state index in [4.69, 9.17) is 5.26 Å². The van der Waals surface area contributed by atoms with Crippen LogP contribution in [0.1, 0.15) is 36.8 Å². The standard InChI is InChI=1S/C11H14O2/c1-8-4-2-5-9-6-3-7-10(13-12)11(8)9/h3,6-8,12H,2,4-5H2,1H3. The predicted octanol–water partition coefficient (Wildman–Crippen LogP) is 2.98. The highest BCUT2D eigenvalue weighted by atomic mass is 17.1. The van der Waals surface area contributed by atoms with E-state index in [1.165, 1.54) is 24.0 Å². The van der Waals surface area contributed by atoms with Crippen molar-refractivity contribution in [3.05, 3.63) is 29.3 Å². The van der Waals surface area contributed by atoms with Gasteiger partial charge in [-0.1, -0.05) is 19.1 Å². The van der Waals surface area contributed by atoms with Gasteiger partial charge in [-0.2, -0.15) is 0 Å². The van der Waals surface area contributed by atoms with Crippen molar-refractivity contribution >= 4 is 0 Å². The molecule has 0 bridgehead atoms. The number of rotatable bonds is 1. The zero-order chi connectivity index (χ0) is 9.26. The molecule has 1 N–H and O–H groups in total. The Morgan fingerprint density at radius 2 is 2.31 bits per heavy atom. The molecule has 70 valence electrons. The quantitative estimate of drug-likeness (QED) is 0.529. The molecule has 1 aromatic rings. The summed E-state index contributed by atoms with van der Waals surface area (Å²) >= 11 is 0. The summed E-state index contributed by atoms with van der Waals surface area (Å²) in [6.07, 6.45) is 3.54. The monoisotopic (exact) mass is 178 g/mol. The maximum absolute atomic E-state index is 8.71. The van der Waals surface area contributed by atoms with E-state index < -0.39 is 0 Å². The van der Waals surface area contributed by atoms with Gasteiger partial charge in [0, 0.05) is 5.56 Å². The summed E-state index contributed by atoms with van der Waals surface area (Å²) in [5, 5.41) is 8.71. The Hall–Kier alpha value is -1.02. The molecule has 0 radical (unpaired) electrons. The van der Waals surface area contributed by atoms with Crippen molar-refractivity contribution in [1.29, 1.82) is 0 Å². The highest BCUT2D eigenvalue weighted by Crippen LogP contribution is 2.37. The molecule has 0 aromatic heterocycles. The molecule has 1 unspecified atom stereocenters. The fraction of sp³-hybridized carbons (Fsp3) is 0.455. The Labute approximate surface area is 78.1 Å². The Morgan fingerprint density at radius 1 is 1.46 bits per heavy atom. The van der Waals surface area contributed by atoms with E-state index in [1.807, 2.05) is 12.1 Å². The van der Waals surface area contributed by atoms with E-state index in [2.05, 4.69) is 17.9 Å². The zero-order valence-electron chi connectivity index (χ0n) is 7.79. The van der Waals surface area contributed by atoms with Gasteiger partial charge in [0.25, 0.3) is 0 Å². The average Bonchev–Trinajstić information content (AvgIpc) is 2.17. The normalized spacial score (nSPS) is 20.9. The number of fused-ring (bicyclic) bond motifs is 1. The minimum absolute atomic E-state index is 0.507. The van der Waals surface area contributed by atoms with Crippen molar-refractivity contribution in [2.24, 2.45) is 0 Å². The lowest BCUT2D eigenvalue weighted by molar-refractivity contribution is -0.138. The number of hydrogen-bond donors (Lipinski definition) is 1. The molecule has 0 amide bonds. The summed E-state index contributed by atoms with van der Waals surface area (Å²) in [5.74, 6) is 1.14. The van der Waals surface area contributed by atoms with Crippen molar-refractivity contribution < 1.29 is 10.1 Å². The second-order valence-electron chi connectivity index (χ2n) is 3.71. The fourth-order valence-electron chi connectivity index (χ4n) is 2.19. The summed E-state index contributed by atoms with van der Waals surface area (Å²) < 4.78 is 0. The molecule has 0 fully saturated rings. The summed E-state index contributed by atoms with van der Waals surface area (Å²) in [6, 6.07) is 5.87. The lowest BCUT2D eigenvalue weighted by Crippen LogP contribution is -2.08. The Kier molecular flexibility index (Phi) is 2.23. The third kappa shape index (κ3) is 1.42. The van der Waals surface area contributed by atoms with Crippen molar-refractivity contribution in [2.75, 3.05) is 0 Å². The van der Waals surface area contributed by atoms with E-state index in [0.717, 1.165) is 6.42 Å². The zero-order valence-corrected chi connectivity index (χ0v) is 7.79. The first-order chi connectivity index (χ1) is 6.33. The summed E-state index contributed by atoms with van der Waals surface area (Å²) in [5.41, 5.74) is 2.52. The second kappa shape index (κ2) is 3.38. The first-order valence-electron chi connectivity index (χ1n) is 4.76. The van der Waals surface area contributed by atoms with Gasteiger partial charge in [-0.3, -0.25) is 0 Å².